The van der Waals surface area contributed by atoms with Crippen LogP contribution in [0.2, 0.25) is 0 Å². The zero-order valence-electron chi connectivity index (χ0n) is 16.5. The molecule has 0 radical (unpaired) electrons. The van der Waals surface area contributed by atoms with E-state index < -0.39 is 10.3 Å². The molecule has 0 aliphatic heterocycles. The molecule has 0 fully saturated rings. The molecule has 2 aromatic heterocycles. The summed E-state index contributed by atoms with van der Waals surface area (Å²) >= 11 is 1.52. The summed E-state index contributed by atoms with van der Waals surface area (Å²) in [5, 5.41) is 6.11. The molecule has 8 nitrogen and oxygen atoms in total. The number of rotatable bonds is 8. The molecule has 1 unspecified atom stereocenters. The Kier molecular flexibility index (Phi) is 6.03. The predicted octanol–water partition coefficient (Wildman–Crippen LogP) is 4.72. The van der Waals surface area contributed by atoms with E-state index in [1.54, 1.807) is 30.5 Å². The summed E-state index contributed by atoms with van der Waals surface area (Å²) in [6, 6.07) is 16.5. The number of thiazole rings is 1. The van der Waals surface area contributed by atoms with Gasteiger partial charge in [-0.05, 0) is 18.6 Å². The van der Waals surface area contributed by atoms with Crippen molar-refractivity contribution in [1.82, 2.24) is 9.97 Å². The third-order valence-electron chi connectivity index (χ3n) is 4.54. The van der Waals surface area contributed by atoms with Crippen molar-refractivity contribution in [3.63, 3.8) is 0 Å². The molecule has 0 bridgehead atoms. The average Bonchev–Trinajstić information content (AvgIpc) is 3.38. The van der Waals surface area contributed by atoms with Gasteiger partial charge in [0.25, 0.3) is 6.01 Å². The Morgan fingerprint density at radius 3 is 2.58 bits per heavy atom. The van der Waals surface area contributed by atoms with Gasteiger partial charge >= 0.3 is 10.3 Å². The fraction of sp³-hybridized carbons (Fsp3) is 0.143. The van der Waals surface area contributed by atoms with E-state index in [9.17, 15) is 13.0 Å². The maximum Gasteiger partial charge on any atom is 0.357 e. The van der Waals surface area contributed by atoms with Gasteiger partial charge < -0.3 is 9.73 Å². The lowest BCUT2D eigenvalue weighted by Gasteiger charge is -2.18. The van der Waals surface area contributed by atoms with Gasteiger partial charge in [-0.3, -0.25) is 9.27 Å². The number of hydrogen-bond acceptors (Lipinski definition) is 7. The molecule has 0 saturated carbocycles. The number of aryl methyl sites for hydroxylation is 1. The Morgan fingerprint density at radius 1 is 1.13 bits per heavy atom. The number of oxazole rings is 1. The lowest BCUT2D eigenvalue weighted by atomic mass is 10.0. The van der Waals surface area contributed by atoms with Gasteiger partial charge in [-0.1, -0.05) is 48.5 Å². The lowest BCUT2D eigenvalue weighted by Crippen LogP contribution is -2.17. The molecular weight excluding hydrogens is 436 g/mol. The van der Waals surface area contributed by atoms with Crippen LogP contribution in [0.1, 0.15) is 22.3 Å². The van der Waals surface area contributed by atoms with Crippen molar-refractivity contribution >= 4 is 33.3 Å². The van der Waals surface area contributed by atoms with Crippen LogP contribution in [-0.4, -0.2) is 22.9 Å². The fourth-order valence-corrected chi connectivity index (χ4v) is 4.30. The van der Waals surface area contributed by atoms with Crippen LogP contribution in [0.3, 0.4) is 0 Å². The zero-order chi connectivity index (χ0) is 21.8. The van der Waals surface area contributed by atoms with Gasteiger partial charge in [-0.2, -0.15) is 8.42 Å². The molecule has 1 atom stereocenters. The highest BCUT2D eigenvalue weighted by Crippen LogP contribution is 2.29. The van der Waals surface area contributed by atoms with E-state index in [0.717, 1.165) is 16.3 Å². The summed E-state index contributed by atoms with van der Waals surface area (Å²) < 4.78 is 39.9. The van der Waals surface area contributed by atoms with Crippen LogP contribution < -0.4 is 10.0 Å². The van der Waals surface area contributed by atoms with Crippen molar-refractivity contribution in [2.24, 2.45) is 0 Å². The van der Waals surface area contributed by atoms with E-state index in [1.165, 1.54) is 11.3 Å². The summed E-state index contributed by atoms with van der Waals surface area (Å²) in [4.78, 5) is 8.91. The van der Waals surface area contributed by atoms with E-state index in [2.05, 4.69) is 20.0 Å². The highest BCUT2D eigenvalue weighted by atomic mass is 32.2. The Balaban J connectivity index is 1.62. The molecule has 0 amide bonds. The van der Waals surface area contributed by atoms with E-state index in [-0.39, 0.29) is 6.04 Å². The molecule has 0 aliphatic rings. The first-order valence-corrected chi connectivity index (χ1v) is 11.7. The molecule has 4 aromatic rings. The maximum absolute atomic E-state index is 11.3. The SMILES string of the molecule is Cc1nc(C(Cc2ccccc2NS(=O)(=O)O)Nc2ncc(-c3ccccc3)o2)cs1. The quantitative estimate of drug-likeness (QED) is 0.328. The summed E-state index contributed by atoms with van der Waals surface area (Å²) in [6.45, 7) is 1.91. The maximum atomic E-state index is 11.3. The van der Waals surface area contributed by atoms with Gasteiger partial charge in [0.05, 0.1) is 28.6 Å². The molecule has 0 saturated heterocycles. The lowest BCUT2D eigenvalue weighted by molar-refractivity contribution is 0.489. The molecule has 2 aromatic carbocycles. The topological polar surface area (TPSA) is 117 Å². The number of benzene rings is 2. The minimum Gasteiger partial charge on any atom is -0.424 e. The van der Waals surface area contributed by atoms with Crippen LogP contribution in [0.25, 0.3) is 11.3 Å². The molecule has 4 rings (SSSR count). The van der Waals surface area contributed by atoms with Crippen molar-refractivity contribution < 1.29 is 17.4 Å². The first kappa shape index (κ1) is 21.0. The molecule has 10 heteroatoms. The van der Waals surface area contributed by atoms with Crippen LogP contribution in [-0.2, 0) is 16.7 Å². The second kappa shape index (κ2) is 8.88. The van der Waals surface area contributed by atoms with E-state index in [0.29, 0.717) is 29.4 Å². The van der Waals surface area contributed by atoms with Gasteiger partial charge in [-0.25, -0.2) is 9.97 Å². The third kappa shape index (κ3) is 5.48. The summed E-state index contributed by atoms with van der Waals surface area (Å²) in [5.41, 5.74) is 2.66. The largest absolute Gasteiger partial charge is 0.424 e. The van der Waals surface area contributed by atoms with E-state index >= 15 is 0 Å². The monoisotopic (exact) mass is 456 g/mol. The average molecular weight is 457 g/mol. The van der Waals surface area contributed by atoms with Crippen molar-refractivity contribution in [2.45, 2.75) is 19.4 Å². The number of nitrogens with zero attached hydrogens (tertiary/aromatic N) is 2. The molecule has 2 heterocycles. The highest BCUT2D eigenvalue weighted by molar-refractivity contribution is 7.87. The van der Waals surface area contributed by atoms with Crippen LogP contribution in [0.4, 0.5) is 11.7 Å². The smallest absolute Gasteiger partial charge is 0.357 e. The first-order valence-electron chi connectivity index (χ1n) is 9.40. The van der Waals surface area contributed by atoms with E-state index in [1.807, 2.05) is 42.6 Å². The number of nitrogens with one attached hydrogen (secondary N) is 2. The second-order valence-electron chi connectivity index (χ2n) is 6.82. The zero-order valence-corrected chi connectivity index (χ0v) is 18.2. The van der Waals surface area contributed by atoms with Crippen LogP contribution in [0.15, 0.2) is 70.6 Å². The number of aromatic nitrogens is 2. The summed E-state index contributed by atoms with van der Waals surface area (Å²) in [7, 11) is -4.40. The predicted molar refractivity (Wildman–Crippen MR) is 120 cm³/mol. The molecule has 31 heavy (non-hydrogen) atoms. The van der Waals surface area contributed by atoms with Crippen molar-refractivity contribution in [2.75, 3.05) is 10.0 Å². The fourth-order valence-electron chi connectivity index (χ4n) is 3.15. The molecular formula is C21H20N4O4S2. The first-order chi connectivity index (χ1) is 14.9. The Hall–Kier alpha value is -3.21. The number of anilines is 2. The Bertz CT molecular complexity index is 1270. The van der Waals surface area contributed by atoms with Gasteiger partial charge in [0.2, 0.25) is 0 Å². The van der Waals surface area contributed by atoms with Crippen LogP contribution in [0, 0.1) is 6.92 Å². The van der Waals surface area contributed by atoms with Crippen LogP contribution >= 0.6 is 11.3 Å². The summed E-state index contributed by atoms with van der Waals surface area (Å²) in [6.07, 6.45) is 2.03. The molecule has 0 aliphatic carbocycles. The van der Waals surface area contributed by atoms with Gasteiger partial charge in [0, 0.05) is 17.4 Å². The molecule has 0 spiro atoms. The van der Waals surface area contributed by atoms with Gasteiger partial charge in [-0.15, -0.1) is 11.3 Å². The van der Waals surface area contributed by atoms with E-state index in [4.69, 9.17) is 4.42 Å². The highest BCUT2D eigenvalue weighted by Gasteiger charge is 2.20. The normalized spacial score (nSPS) is 12.5. The Morgan fingerprint density at radius 2 is 1.87 bits per heavy atom. The minimum absolute atomic E-state index is 0.293. The molecule has 160 valence electrons. The summed E-state index contributed by atoms with van der Waals surface area (Å²) in [5.74, 6) is 0.629. The van der Waals surface area contributed by atoms with Crippen molar-refractivity contribution in [3.05, 3.63) is 82.4 Å². The van der Waals surface area contributed by atoms with Gasteiger partial charge in [0.1, 0.15) is 0 Å². The standard InChI is InChI=1S/C21H20N4O4S2/c1-14-23-19(13-30-14)18(11-16-9-5-6-10-17(16)25-31(26,27)28)24-21-22-12-20(29-21)15-7-3-2-4-8-15/h2-10,12-13,18,25H,11H2,1H3,(H,22,24)(H,26,27,28). The molecule has 3 N–H and O–H groups in total. The second-order valence-corrected chi connectivity index (χ2v) is 9.04. The van der Waals surface area contributed by atoms with Crippen molar-refractivity contribution in [3.8, 4) is 11.3 Å². The van der Waals surface area contributed by atoms with Crippen molar-refractivity contribution in [1.29, 1.82) is 0 Å². The van der Waals surface area contributed by atoms with Crippen LogP contribution in [0.5, 0.6) is 0 Å². The van der Waals surface area contributed by atoms with Gasteiger partial charge in [0.15, 0.2) is 5.76 Å². The number of para-hydroxylation sites is 1. The number of hydrogen-bond donors (Lipinski definition) is 3. The third-order valence-corrected chi connectivity index (χ3v) is 5.81. The Labute approximate surface area is 183 Å². The minimum atomic E-state index is -4.40.